The van der Waals surface area contributed by atoms with Crippen molar-refractivity contribution >= 4 is 22.9 Å². The number of nitrogens with zero attached hydrogens (tertiary/aromatic N) is 3. The minimum atomic E-state index is -1.10. The zero-order chi connectivity index (χ0) is 21.5. The normalized spacial score (nSPS) is 22.3. The molecule has 2 aliphatic rings. The minimum absolute atomic E-state index is 0.0185. The summed E-state index contributed by atoms with van der Waals surface area (Å²) >= 11 is 0. The monoisotopic (exact) mass is 423 g/mol. The number of rotatable bonds is 4. The molecule has 1 saturated carbocycles. The Morgan fingerprint density at radius 1 is 1.13 bits per heavy atom. The molecular weight excluding hydrogens is 398 g/mol. The van der Waals surface area contributed by atoms with Crippen LogP contribution >= 0.6 is 0 Å². The van der Waals surface area contributed by atoms with E-state index < -0.39 is 24.0 Å². The number of imidazole rings is 1. The molecular formula is C23H25N3O5. The van der Waals surface area contributed by atoms with Gasteiger partial charge in [0.25, 0.3) is 5.91 Å². The molecule has 0 spiro atoms. The van der Waals surface area contributed by atoms with E-state index in [0.717, 1.165) is 29.7 Å². The van der Waals surface area contributed by atoms with Crippen molar-refractivity contribution in [3.05, 3.63) is 42.4 Å². The molecule has 162 valence electrons. The molecule has 31 heavy (non-hydrogen) atoms. The van der Waals surface area contributed by atoms with Gasteiger partial charge in [0.1, 0.15) is 18.1 Å². The molecule has 5 rings (SSSR count). The lowest BCUT2D eigenvalue weighted by atomic mass is 9.95. The first kappa shape index (κ1) is 19.8. The average molecular weight is 423 g/mol. The second-order valence-corrected chi connectivity index (χ2v) is 8.51. The lowest BCUT2D eigenvalue weighted by Gasteiger charge is -2.25. The van der Waals surface area contributed by atoms with Gasteiger partial charge >= 0.3 is 5.97 Å². The van der Waals surface area contributed by atoms with E-state index >= 15 is 0 Å². The average Bonchev–Trinajstić information content (AvgIpc) is 3.51. The highest BCUT2D eigenvalue weighted by molar-refractivity contribution is 6.00. The van der Waals surface area contributed by atoms with Gasteiger partial charge in [-0.1, -0.05) is 19.3 Å². The quantitative estimate of drug-likeness (QED) is 0.665. The molecule has 1 aromatic carbocycles. The van der Waals surface area contributed by atoms with Crippen LogP contribution in [0.15, 0.2) is 41.2 Å². The number of benzene rings is 1. The van der Waals surface area contributed by atoms with E-state index in [-0.39, 0.29) is 13.0 Å². The number of β-amino-alcohol motifs (C(OH)–C–C–N with tert-alkyl or cyclic N) is 1. The summed E-state index contributed by atoms with van der Waals surface area (Å²) in [4.78, 5) is 30.7. The van der Waals surface area contributed by atoms with Crippen molar-refractivity contribution in [1.82, 2.24) is 14.5 Å². The lowest BCUT2D eigenvalue weighted by molar-refractivity contribution is -0.141. The summed E-state index contributed by atoms with van der Waals surface area (Å²) < 4.78 is 7.54. The molecule has 0 bridgehead atoms. The van der Waals surface area contributed by atoms with Crippen LogP contribution in [-0.2, 0) is 4.79 Å². The third kappa shape index (κ3) is 3.50. The summed E-state index contributed by atoms with van der Waals surface area (Å²) in [5.74, 6) is -0.682. The number of aliphatic hydroxyl groups excluding tert-OH is 1. The molecule has 0 unspecified atom stereocenters. The second-order valence-electron chi connectivity index (χ2n) is 8.51. The Labute approximate surface area is 179 Å². The summed E-state index contributed by atoms with van der Waals surface area (Å²) in [7, 11) is 0. The van der Waals surface area contributed by atoms with E-state index in [0.29, 0.717) is 17.1 Å². The first-order valence-electron chi connectivity index (χ1n) is 10.8. The van der Waals surface area contributed by atoms with Gasteiger partial charge in [-0.05, 0) is 37.1 Å². The summed E-state index contributed by atoms with van der Waals surface area (Å²) in [6.45, 7) is 0.0185. The van der Waals surface area contributed by atoms with Crippen molar-refractivity contribution in [3.63, 3.8) is 0 Å². The number of amides is 1. The standard InChI is InChI=1S/C23H25N3O5/c27-17-11-20(23(29)30)25(12-17)22(28)14-6-7-19-18(10-14)24-21(15-8-9-31-13-15)26(19)16-4-2-1-3-5-16/h6-10,13,16-17,20,27H,1-5,11-12H2,(H,29,30)/t17-,20+/m1/s1. The van der Waals surface area contributed by atoms with Crippen LogP contribution in [0.5, 0.6) is 0 Å². The van der Waals surface area contributed by atoms with Gasteiger partial charge in [0.15, 0.2) is 0 Å². The van der Waals surface area contributed by atoms with Crippen molar-refractivity contribution in [3.8, 4) is 11.4 Å². The Hall–Kier alpha value is -3.13. The summed E-state index contributed by atoms with van der Waals surface area (Å²) in [6.07, 6.45) is 8.30. The number of carboxylic acids is 1. The molecule has 2 fully saturated rings. The largest absolute Gasteiger partial charge is 0.480 e. The van der Waals surface area contributed by atoms with E-state index in [2.05, 4.69) is 4.57 Å². The van der Waals surface area contributed by atoms with Gasteiger partial charge in [-0.15, -0.1) is 0 Å². The molecule has 0 radical (unpaired) electrons. The van der Waals surface area contributed by atoms with E-state index in [4.69, 9.17) is 9.40 Å². The number of carbonyl (C=O) groups excluding carboxylic acids is 1. The molecule has 3 heterocycles. The molecule has 2 atom stereocenters. The predicted octanol–water partition coefficient (Wildman–Crippen LogP) is 3.46. The van der Waals surface area contributed by atoms with Crippen LogP contribution in [0.2, 0.25) is 0 Å². The Kier molecular flexibility index (Phi) is 5.02. The van der Waals surface area contributed by atoms with Gasteiger partial charge in [0.05, 0.1) is 29.0 Å². The van der Waals surface area contributed by atoms with Crippen LogP contribution in [0.25, 0.3) is 22.4 Å². The van der Waals surface area contributed by atoms with Crippen LogP contribution in [0, 0.1) is 0 Å². The highest BCUT2D eigenvalue weighted by Gasteiger charge is 2.39. The smallest absolute Gasteiger partial charge is 0.326 e. The van der Waals surface area contributed by atoms with Crippen LogP contribution in [-0.4, -0.2) is 55.2 Å². The van der Waals surface area contributed by atoms with Gasteiger partial charge in [-0.2, -0.15) is 0 Å². The fraction of sp³-hybridized carbons (Fsp3) is 0.435. The molecule has 2 aromatic heterocycles. The first-order valence-corrected chi connectivity index (χ1v) is 10.8. The third-order valence-corrected chi connectivity index (χ3v) is 6.48. The third-order valence-electron chi connectivity index (χ3n) is 6.48. The number of aliphatic hydroxyl groups is 1. The number of furan rings is 1. The Morgan fingerprint density at radius 2 is 1.94 bits per heavy atom. The lowest BCUT2D eigenvalue weighted by Crippen LogP contribution is -2.40. The Morgan fingerprint density at radius 3 is 2.65 bits per heavy atom. The molecule has 1 saturated heterocycles. The van der Waals surface area contributed by atoms with Gasteiger partial charge in [0, 0.05) is 24.6 Å². The van der Waals surface area contributed by atoms with Crippen molar-refractivity contribution < 1.29 is 24.2 Å². The Balaban J connectivity index is 1.56. The maximum Gasteiger partial charge on any atom is 0.326 e. The van der Waals surface area contributed by atoms with Crippen molar-refractivity contribution in [2.45, 2.75) is 56.7 Å². The fourth-order valence-corrected chi connectivity index (χ4v) is 4.97. The van der Waals surface area contributed by atoms with Crippen molar-refractivity contribution in [2.24, 2.45) is 0 Å². The van der Waals surface area contributed by atoms with Crippen LogP contribution < -0.4 is 0 Å². The van der Waals surface area contributed by atoms with Gasteiger partial charge in [-0.25, -0.2) is 9.78 Å². The SMILES string of the molecule is O=C(O)[C@@H]1C[C@@H](O)CN1C(=O)c1ccc2c(c1)nc(-c1ccoc1)n2C1CCCCC1. The fourth-order valence-electron chi connectivity index (χ4n) is 4.97. The van der Waals surface area contributed by atoms with E-state index in [1.54, 1.807) is 24.7 Å². The zero-order valence-corrected chi connectivity index (χ0v) is 17.1. The number of aromatic nitrogens is 2. The Bertz CT molecular complexity index is 1110. The molecule has 1 aliphatic heterocycles. The number of likely N-dealkylation sites (tertiary alicyclic amines) is 1. The number of aliphatic carboxylic acids is 1. The maximum atomic E-state index is 13.1. The number of hydrogen-bond donors (Lipinski definition) is 2. The van der Waals surface area contributed by atoms with E-state index in [1.807, 2.05) is 12.1 Å². The number of carboxylic acid groups (broad SMARTS) is 1. The first-order chi connectivity index (χ1) is 15.0. The topological polar surface area (TPSA) is 109 Å². The summed E-state index contributed by atoms with van der Waals surface area (Å²) in [5, 5.41) is 19.3. The van der Waals surface area contributed by atoms with Gasteiger partial charge in [-0.3, -0.25) is 4.79 Å². The number of fused-ring (bicyclic) bond motifs is 1. The number of hydrogen-bond acceptors (Lipinski definition) is 5. The van der Waals surface area contributed by atoms with E-state index in [9.17, 15) is 19.8 Å². The maximum absolute atomic E-state index is 13.1. The van der Waals surface area contributed by atoms with Crippen LogP contribution in [0.4, 0.5) is 0 Å². The predicted molar refractivity (Wildman–Crippen MR) is 113 cm³/mol. The van der Waals surface area contributed by atoms with Crippen molar-refractivity contribution in [2.75, 3.05) is 6.54 Å². The van der Waals surface area contributed by atoms with E-state index in [1.165, 1.54) is 24.2 Å². The van der Waals surface area contributed by atoms with Gasteiger partial charge < -0.3 is 24.1 Å². The van der Waals surface area contributed by atoms with Gasteiger partial charge in [0.2, 0.25) is 0 Å². The van der Waals surface area contributed by atoms with Crippen LogP contribution in [0.3, 0.4) is 0 Å². The van der Waals surface area contributed by atoms with Crippen LogP contribution in [0.1, 0.15) is 54.9 Å². The highest BCUT2D eigenvalue weighted by Crippen LogP contribution is 2.36. The molecule has 1 aliphatic carbocycles. The zero-order valence-electron chi connectivity index (χ0n) is 17.1. The second kappa shape index (κ2) is 7.85. The highest BCUT2D eigenvalue weighted by atomic mass is 16.4. The minimum Gasteiger partial charge on any atom is -0.480 e. The summed E-state index contributed by atoms with van der Waals surface area (Å²) in [5.41, 5.74) is 2.92. The molecule has 8 heteroatoms. The molecule has 2 N–H and O–H groups in total. The molecule has 3 aromatic rings. The number of carbonyl (C=O) groups is 2. The summed E-state index contributed by atoms with van der Waals surface area (Å²) in [6, 6.07) is 6.57. The molecule has 8 nitrogen and oxygen atoms in total. The molecule has 1 amide bonds. The van der Waals surface area contributed by atoms with Crippen molar-refractivity contribution in [1.29, 1.82) is 0 Å².